The molecule has 1 rings (SSSR count). The summed E-state index contributed by atoms with van der Waals surface area (Å²) in [6, 6.07) is 0. The zero-order valence-electron chi connectivity index (χ0n) is 10.9. The minimum atomic E-state index is -0.593. The van der Waals surface area contributed by atoms with Gasteiger partial charge in [0.1, 0.15) is 5.82 Å². The standard InChI is InChI=1S/C12H22N4O/c1-10-15-7-9-16(10)8-5-4-6-12(2,14-3)11(13)17/h7,9,14H,4-6,8H2,1-3H3,(H2,13,17). The van der Waals surface area contributed by atoms with Crippen LogP contribution >= 0.6 is 0 Å². The summed E-state index contributed by atoms with van der Waals surface area (Å²) in [6.07, 6.45) is 6.50. The first-order valence-corrected chi connectivity index (χ1v) is 5.96. The van der Waals surface area contributed by atoms with Crippen LogP contribution in [0.5, 0.6) is 0 Å². The molecule has 1 unspecified atom stereocenters. The largest absolute Gasteiger partial charge is 0.368 e. The summed E-state index contributed by atoms with van der Waals surface area (Å²) in [4.78, 5) is 15.4. The highest BCUT2D eigenvalue weighted by molar-refractivity contribution is 5.84. The molecule has 1 atom stereocenters. The van der Waals surface area contributed by atoms with E-state index in [1.165, 1.54) is 0 Å². The lowest BCUT2D eigenvalue weighted by molar-refractivity contribution is -0.123. The summed E-state index contributed by atoms with van der Waals surface area (Å²) >= 11 is 0. The van der Waals surface area contributed by atoms with Crippen LogP contribution in [0.25, 0.3) is 0 Å². The average Bonchev–Trinajstić information content (AvgIpc) is 2.70. The Morgan fingerprint density at radius 3 is 2.76 bits per heavy atom. The van der Waals surface area contributed by atoms with Crippen LogP contribution in [-0.4, -0.2) is 28.0 Å². The van der Waals surface area contributed by atoms with Crippen LogP contribution in [0.3, 0.4) is 0 Å². The Labute approximate surface area is 102 Å². The number of carbonyl (C=O) groups is 1. The van der Waals surface area contributed by atoms with Gasteiger partial charge in [-0.15, -0.1) is 0 Å². The van der Waals surface area contributed by atoms with Crippen LogP contribution in [0.1, 0.15) is 32.0 Å². The van der Waals surface area contributed by atoms with Crippen molar-refractivity contribution in [3.63, 3.8) is 0 Å². The Morgan fingerprint density at radius 1 is 1.59 bits per heavy atom. The minimum absolute atomic E-state index is 0.293. The van der Waals surface area contributed by atoms with Crippen LogP contribution < -0.4 is 11.1 Å². The van der Waals surface area contributed by atoms with E-state index in [0.29, 0.717) is 0 Å². The van der Waals surface area contributed by atoms with E-state index < -0.39 is 5.54 Å². The summed E-state index contributed by atoms with van der Waals surface area (Å²) in [6.45, 7) is 4.77. The van der Waals surface area contributed by atoms with Crippen molar-refractivity contribution in [2.75, 3.05) is 7.05 Å². The molecule has 0 spiro atoms. The number of nitrogens with one attached hydrogen (secondary N) is 1. The Balaban J connectivity index is 2.33. The van der Waals surface area contributed by atoms with Crippen LogP contribution in [0.15, 0.2) is 12.4 Å². The summed E-state index contributed by atoms with van der Waals surface area (Å²) < 4.78 is 2.11. The molecule has 0 aliphatic heterocycles. The van der Waals surface area contributed by atoms with E-state index in [0.717, 1.165) is 31.6 Å². The minimum Gasteiger partial charge on any atom is -0.368 e. The maximum Gasteiger partial charge on any atom is 0.237 e. The number of carbonyl (C=O) groups excluding carboxylic acids is 1. The van der Waals surface area contributed by atoms with Gasteiger partial charge in [-0.2, -0.15) is 0 Å². The molecule has 0 bridgehead atoms. The molecule has 0 aromatic carbocycles. The van der Waals surface area contributed by atoms with Gasteiger partial charge in [-0.3, -0.25) is 4.79 Å². The first kappa shape index (κ1) is 13.7. The van der Waals surface area contributed by atoms with Crippen LogP contribution in [0.2, 0.25) is 0 Å². The maximum atomic E-state index is 11.3. The highest BCUT2D eigenvalue weighted by Crippen LogP contribution is 2.13. The van der Waals surface area contributed by atoms with Gasteiger partial charge in [0.25, 0.3) is 0 Å². The molecule has 1 aromatic rings. The van der Waals surface area contributed by atoms with Crippen molar-refractivity contribution in [2.24, 2.45) is 5.73 Å². The summed E-state index contributed by atoms with van der Waals surface area (Å²) in [7, 11) is 1.77. The predicted molar refractivity (Wildman–Crippen MR) is 67.5 cm³/mol. The molecule has 0 fully saturated rings. The van der Waals surface area contributed by atoms with Gasteiger partial charge in [-0.25, -0.2) is 4.98 Å². The number of rotatable bonds is 7. The lowest BCUT2D eigenvalue weighted by Gasteiger charge is -2.25. The third kappa shape index (κ3) is 3.56. The third-order valence-corrected chi connectivity index (χ3v) is 3.35. The van der Waals surface area contributed by atoms with E-state index in [4.69, 9.17) is 5.73 Å². The molecule has 96 valence electrons. The Morgan fingerprint density at radius 2 is 2.29 bits per heavy atom. The first-order chi connectivity index (χ1) is 7.99. The molecule has 1 amide bonds. The molecule has 17 heavy (non-hydrogen) atoms. The van der Waals surface area contributed by atoms with Gasteiger partial charge in [-0.1, -0.05) is 0 Å². The molecular weight excluding hydrogens is 216 g/mol. The molecule has 0 aliphatic rings. The zero-order valence-corrected chi connectivity index (χ0v) is 10.9. The number of unbranched alkanes of at least 4 members (excludes halogenated alkanes) is 1. The number of hydrogen-bond donors (Lipinski definition) is 2. The fourth-order valence-corrected chi connectivity index (χ4v) is 1.77. The van der Waals surface area contributed by atoms with Crippen molar-refractivity contribution in [3.05, 3.63) is 18.2 Å². The van der Waals surface area contributed by atoms with Gasteiger partial charge < -0.3 is 15.6 Å². The van der Waals surface area contributed by atoms with E-state index in [1.807, 2.05) is 20.0 Å². The lowest BCUT2D eigenvalue weighted by Crippen LogP contribution is -2.51. The van der Waals surface area contributed by atoms with Crippen molar-refractivity contribution < 1.29 is 4.79 Å². The third-order valence-electron chi connectivity index (χ3n) is 3.35. The molecule has 0 saturated carbocycles. The normalized spacial score (nSPS) is 14.5. The molecule has 0 radical (unpaired) electrons. The average molecular weight is 238 g/mol. The summed E-state index contributed by atoms with van der Waals surface area (Å²) in [5.41, 5.74) is 4.77. The number of aromatic nitrogens is 2. The van der Waals surface area contributed by atoms with Gasteiger partial charge in [-0.05, 0) is 40.2 Å². The second-order valence-electron chi connectivity index (χ2n) is 4.57. The number of primary amides is 1. The van der Waals surface area contributed by atoms with Crippen molar-refractivity contribution in [1.82, 2.24) is 14.9 Å². The summed E-state index contributed by atoms with van der Waals surface area (Å²) in [5.74, 6) is 0.732. The van der Waals surface area contributed by atoms with Gasteiger partial charge in [0.2, 0.25) is 5.91 Å². The SMILES string of the molecule is CNC(C)(CCCCn1ccnc1C)C(N)=O. The zero-order chi connectivity index (χ0) is 12.9. The van der Waals surface area contributed by atoms with Crippen LogP contribution in [-0.2, 0) is 11.3 Å². The predicted octanol–water partition coefficient (Wildman–Crippen LogP) is 0.825. The maximum absolute atomic E-state index is 11.3. The molecule has 5 nitrogen and oxygen atoms in total. The highest BCUT2D eigenvalue weighted by Gasteiger charge is 2.27. The fourth-order valence-electron chi connectivity index (χ4n) is 1.77. The first-order valence-electron chi connectivity index (χ1n) is 5.96. The number of imidazole rings is 1. The highest BCUT2D eigenvalue weighted by atomic mass is 16.1. The van der Waals surface area contributed by atoms with E-state index in [-0.39, 0.29) is 5.91 Å². The quantitative estimate of drug-likeness (QED) is 0.691. The smallest absolute Gasteiger partial charge is 0.237 e. The Kier molecular flexibility index (Phi) is 4.69. The second kappa shape index (κ2) is 5.82. The topological polar surface area (TPSA) is 72.9 Å². The van der Waals surface area contributed by atoms with E-state index in [1.54, 1.807) is 13.2 Å². The van der Waals surface area contributed by atoms with Crippen molar-refractivity contribution in [1.29, 1.82) is 0 Å². The van der Waals surface area contributed by atoms with Crippen molar-refractivity contribution in [2.45, 2.75) is 45.2 Å². The number of likely N-dealkylation sites (N-methyl/N-ethyl adjacent to an activating group) is 1. The van der Waals surface area contributed by atoms with Crippen LogP contribution in [0.4, 0.5) is 0 Å². The molecule has 5 heteroatoms. The molecule has 1 heterocycles. The number of nitrogens with zero attached hydrogens (tertiary/aromatic N) is 2. The van der Waals surface area contributed by atoms with E-state index >= 15 is 0 Å². The number of aryl methyl sites for hydroxylation is 2. The fraction of sp³-hybridized carbons (Fsp3) is 0.667. The summed E-state index contributed by atoms with van der Waals surface area (Å²) in [5, 5.41) is 2.99. The number of nitrogens with two attached hydrogens (primary N) is 1. The van der Waals surface area contributed by atoms with Gasteiger partial charge in [0.05, 0.1) is 5.54 Å². The second-order valence-corrected chi connectivity index (χ2v) is 4.57. The Bertz CT molecular complexity index is 374. The van der Waals surface area contributed by atoms with Crippen molar-refractivity contribution in [3.8, 4) is 0 Å². The van der Waals surface area contributed by atoms with Gasteiger partial charge >= 0.3 is 0 Å². The number of hydrogen-bond acceptors (Lipinski definition) is 3. The molecule has 0 saturated heterocycles. The van der Waals surface area contributed by atoms with Gasteiger partial charge in [0, 0.05) is 18.9 Å². The van der Waals surface area contributed by atoms with E-state index in [9.17, 15) is 4.79 Å². The number of amides is 1. The molecular formula is C12H22N4O. The van der Waals surface area contributed by atoms with Crippen molar-refractivity contribution >= 4 is 5.91 Å². The molecule has 0 aliphatic carbocycles. The molecule has 1 aromatic heterocycles. The van der Waals surface area contributed by atoms with Gasteiger partial charge in [0.15, 0.2) is 0 Å². The van der Waals surface area contributed by atoms with Crippen LogP contribution in [0, 0.1) is 6.92 Å². The lowest BCUT2D eigenvalue weighted by atomic mass is 9.94. The molecule has 3 N–H and O–H groups in total. The van der Waals surface area contributed by atoms with E-state index in [2.05, 4.69) is 14.9 Å². The Hall–Kier alpha value is -1.36. The monoisotopic (exact) mass is 238 g/mol.